The van der Waals surface area contributed by atoms with E-state index >= 15 is 0 Å². The Hall–Kier alpha value is -0.0400. The van der Waals surface area contributed by atoms with E-state index in [-0.39, 0.29) is 0 Å². The third-order valence-electron chi connectivity index (χ3n) is 4.56. The highest BCUT2D eigenvalue weighted by atomic mass is 16.2. The first-order valence-corrected chi connectivity index (χ1v) is 9.46. The molecule has 0 saturated heterocycles. The van der Waals surface area contributed by atoms with Crippen molar-refractivity contribution >= 4 is 0 Å². The number of hydrogen-bond donors (Lipinski definition) is 1. The molecule has 122 valence electrons. The molecule has 1 atom stereocenters. The predicted molar refractivity (Wildman–Crippen MR) is 91.2 cm³/mol. The van der Waals surface area contributed by atoms with Crippen molar-refractivity contribution in [3.8, 4) is 0 Å². The number of unbranched alkanes of at least 4 members (excludes halogenated alkanes) is 10. The molecule has 0 rings (SSSR count). The van der Waals surface area contributed by atoms with Crippen LogP contribution >= 0.6 is 0 Å². The van der Waals surface area contributed by atoms with Crippen LogP contribution in [0.25, 0.3) is 0 Å². The molecule has 0 amide bonds. The lowest BCUT2D eigenvalue weighted by Gasteiger charge is -2.13. The van der Waals surface area contributed by atoms with Gasteiger partial charge in [0.25, 0.3) is 0 Å². The predicted octanol–water partition coefficient (Wildman–Crippen LogP) is 6.49. The zero-order chi connectivity index (χ0) is 14.9. The minimum atomic E-state index is 0.370. The highest BCUT2D eigenvalue weighted by molar-refractivity contribution is 4.58. The highest BCUT2D eigenvalue weighted by Crippen LogP contribution is 2.19. The first-order valence-electron chi connectivity index (χ1n) is 9.46. The van der Waals surface area contributed by atoms with E-state index in [0.717, 1.165) is 12.3 Å². The van der Waals surface area contributed by atoms with Crippen molar-refractivity contribution in [2.24, 2.45) is 5.92 Å². The fraction of sp³-hybridized carbons (Fsp3) is 1.00. The highest BCUT2D eigenvalue weighted by Gasteiger charge is 2.05. The standard InChI is InChI=1S/C19H40O/c1-3-5-6-7-8-9-10-11-12-13-14-16-19(4-2)17-15-18-20/h19-20H,3-18H2,1-2H3. The van der Waals surface area contributed by atoms with E-state index in [1.54, 1.807) is 0 Å². The van der Waals surface area contributed by atoms with Gasteiger partial charge in [0, 0.05) is 6.61 Å². The van der Waals surface area contributed by atoms with Crippen molar-refractivity contribution in [3.63, 3.8) is 0 Å². The van der Waals surface area contributed by atoms with Gasteiger partial charge >= 0.3 is 0 Å². The lowest BCUT2D eigenvalue weighted by atomic mass is 9.93. The van der Waals surface area contributed by atoms with Crippen LogP contribution in [0, 0.1) is 5.92 Å². The van der Waals surface area contributed by atoms with Gasteiger partial charge in [-0.25, -0.2) is 0 Å². The summed E-state index contributed by atoms with van der Waals surface area (Å²) in [6.45, 7) is 4.95. The van der Waals surface area contributed by atoms with Gasteiger partial charge in [-0.05, 0) is 18.8 Å². The first kappa shape index (κ1) is 20.0. The molecule has 0 aliphatic carbocycles. The second-order valence-corrected chi connectivity index (χ2v) is 6.46. The third kappa shape index (κ3) is 14.4. The zero-order valence-corrected chi connectivity index (χ0v) is 14.3. The van der Waals surface area contributed by atoms with Gasteiger partial charge in [-0.2, -0.15) is 0 Å². The lowest BCUT2D eigenvalue weighted by molar-refractivity contribution is 0.265. The molecular formula is C19H40O. The molecule has 0 radical (unpaired) electrons. The summed E-state index contributed by atoms with van der Waals surface area (Å²) >= 11 is 0. The topological polar surface area (TPSA) is 20.2 Å². The molecule has 20 heavy (non-hydrogen) atoms. The van der Waals surface area contributed by atoms with Gasteiger partial charge in [0.15, 0.2) is 0 Å². The Labute approximate surface area is 128 Å². The number of rotatable bonds is 16. The third-order valence-corrected chi connectivity index (χ3v) is 4.56. The van der Waals surface area contributed by atoms with E-state index in [1.165, 1.54) is 89.9 Å². The van der Waals surface area contributed by atoms with Crippen LogP contribution in [0.15, 0.2) is 0 Å². The number of aliphatic hydroxyl groups is 1. The Morgan fingerprint density at radius 2 is 1.05 bits per heavy atom. The molecule has 0 fully saturated rings. The van der Waals surface area contributed by atoms with Gasteiger partial charge in [0.1, 0.15) is 0 Å². The normalized spacial score (nSPS) is 12.8. The Bertz CT molecular complexity index is 167. The second kappa shape index (κ2) is 17.0. The summed E-state index contributed by atoms with van der Waals surface area (Å²) in [5.41, 5.74) is 0. The Morgan fingerprint density at radius 1 is 0.600 bits per heavy atom. The number of aliphatic hydroxyl groups excluding tert-OH is 1. The van der Waals surface area contributed by atoms with Crippen LogP contribution in [0.1, 0.15) is 110 Å². The number of hydrogen-bond acceptors (Lipinski definition) is 1. The fourth-order valence-electron chi connectivity index (χ4n) is 3.03. The van der Waals surface area contributed by atoms with Crippen molar-refractivity contribution in [1.29, 1.82) is 0 Å². The molecule has 0 heterocycles. The van der Waals surface area contributed by atoms with Crippen LogP contribution in [-0.4, -0.2) is 11.7 Å². The largest absolute Gasteiger partial charge is 0.396 e. The average Bonchev–Trinajstić information content (AvgIpc) is 2.48. The van der Waals surface area contributed by atoms with Gasteiger partial charge in [-0.1, -0.05) is 97.3 Å². The van der Waals surface area contributed by atoms with E-state index in [0.29, 0.717) is 6.61 Å². The molecule has 1 unspecified atom stereocenters. The van der Waals surface area contributed by atoms with E-state index in [1.807, 2.05) is 0 Å². The van der Waals surface area contributed by atoms with Crippen molar-refractivity contribution in [1.82, 2.24) is 0 Å². The molecule has 1 heteroatoms. The summed E-state index contributed by atoms with van der Waals surface area (Å²) in [7, 11) is 0. The zero-order valence-electron chi connectivity index (χ0n) is 14.3. The maximum atomic E-state index is 8.87. The molecule has 0 aromatic carbocycles. The fourth-order valence-corrected chi connectivity index (χ4v) is 3.03. The molecule has 0 spiro atoms. The Balaban J connectivity index is 3.15. The summed E-state index contributed by atoms with van der Waals surface area (Å²) in [6.07, 6.45) is 20.7. The van der Waals surface area contributed by atoms with Crippen molar-refractivity contribution in [2.45, 2.75) is 110 Å². The van der Waals surface area contributed by atoms with Crippen LogP contribution in [0.2, 0.25) is 0 Å². The Kier molecular flexibility index (Phi) is 17.0. The maximum Gasteiger partial charge on any atom is 0.0431 e. The van der Waals surface area contributed by atoms with Crippen LogP contribution in [-0.2, 0) is 0 Å². The molecule has 0 aliphatic heterocycles. The molecule has 0 saturated carbocycles. The summed E-state index contributed by atoms with van der Waals surface area (Å²) in [5.74, 6) is 0.862. The lowest BCUT2D eigenvalue weighted by Crippen LogP contribution is -2.00. The van der Waals surface area contributed by atoms with Gasteiger partial charge in [0.05, 0.1) is 0 Å². The van der Waals surface area contributed by atoms with E-state index in [9.17, 15) is 0 Å². The summed E-state index contributed by atoms with van der Waals surface area (Å²) in [6, 6.07) is 0. The van der Waals surface area contributed by atoms with Crippen LogP contribution in [0.5, 0.6) is 0 Å². The van der Waals surface area contributed by atoms with Gasteiger partial charge in [-0.15, -0.1) is 0 Å². The summed E-state index contributed by atoms with van der Waals surface area (Å²) in [5, 5.41) is 8.87. The minimum absolute atomic E-state index is 0.370. The summed E-state index contributed by atoms with van der Waals surface area (Å²) in [4.78, 5) is 0. The van der Waals surface area contributed by atoms with Crippen LogP contribution in [0.4, 0.5) is 0 Å². The van der Waals surface area contributed by atoms with Crippen molar-refractivity contribution < 1.29 is 5.11 Å². The van der Waals surface area contributed by atoms with Crippen LogP contribution < -0.4 is 0 Å². The van der Waals surface area contributed by atoms with Gasteiger partial charge in [0.2, 0.25) is 0 Å². The van der Waals surface area contributed by atoms with E-state index in [4.69, 9.17) is 5.11 Å². The minimum Gasteiger partial charge on any atom is -0.396 e. The Morgan fingerprint density at radius 3 is 1.50 bits per heavy atom. The van der Waals surface area contributed by atoms with Gasteiger partial charge < -0.3 is 5.11 Å². The quantitative estimate of drug-likeness (QED) is 0.321. The molecule has 1 nitrogen and oxygen atoms in total. The van der Waals surface area contributed by atoms with Crippen molar-refractivity contribution in [3.05, 3.63) is 0 Å². The molecular weight excluding hydrogens is 244 g/mol. The molecule has 0 aromatic rings. The smallest absolute Gasteiger partial charge is 0.0431 e. The summed E-state index contributed by atoms with van der Waals surface area (Å²) < 4.78 is 0. The van der Waals surface area contributed by atoms with Gasteiger partial charge in [-0.3, -0.25) is 0 Å². The SMILES string of the molecule is CCCCCCCCCCCCCC(CC)CCCO. The van der Waals surface area contributed by atoms with Crippen LogP contribution in [0.3, 0.4) is 0 Å². The van der Waals surface area contributed by atoms with Crippen molar-refractivity contribution in [2.75, 3.05) is 6.61 Å². The molecule has 0 aliphatic rings. The second-order valence-electron chi connectivity index (χ2n) is 6.46. The monoisotopic (exact) mass is 284 g/mol. The first-order chi connectivity index (χ1) is 9.85. The molecule has 0 bridgehead atoms. The van der Waals surface area contributed by atoms with E-state index < -0.39 is 0 Å². The molecule has 0 aromatic heterocycles. The maximum absolute atomic E-state index is 8.87. The van der Waals surface area contributed by atoms with E-state index in [2.05, 4.69) is 13.8 Å². The average molecular weight is 285 g/mol. The molecule has 1 N–H and O–H groups in total.